The number of hydroxylamine groups is 2. The van der Waals surface area contributed by atoms with Crippen molar-refractivity contribution in [3.8, 4) is 0 Å². The predicted octanol–water partition coefficient (Wildman–Crippen LogP) is 1.53. The molecule has 19 heavy (non-hydrogen) atoms. The molecule has 0 saturated heterocycles. The molecule has 6 nitrogen and oxygen atoms in total. The van der Waals surface area contributed by atoms with Crippen molar-refractivity contribution in [1.29, 1.82) is 0 Å². The fourth-order valence-corrected chi connectivity index (χ4v) is 1.98. The van der Waals surface area contributed by atoms with E-state index in [0.29, 0.717) is 0 Å². The fraction of sp³-hybridized carbons (Fsp3) is 0.417. The van der Waals surface area contributed by atoms with Gasteiger partial charge in [-0.05, 0) is 12.0 Å². The molecular formula is C12H18NO5P. The number of benzene rings is 1. The second-order valence-electron chi connectivity index (χ2n) is 4.14. The Kier molecular flexibility index (Phi) is 6.18. The third-order valence-corrected chi connectivity index (χ3v) is 3.36. The van der Waals surface area contributed by atoms with E-state index in [9.17, 15) is 9.36 Å². The molecule has 2 N–H and O–H groups in total. The molecule has 0 fully saturated rings. The zero-order valence-corrected chi connectivity index (χ0v) is 11.6. The minimum Gasteiger partial charge on any atom is -0.324 e. The standard InChI is InChI=1S/C12H18NO5P/c1-13(12(14)8-5-9-19(15,16)17)18-10-11-6-3-2-4-7-11/h2-4,6-7H,5,8-10H2,1H3,(H2,15,16,17). The number of amides is 1. The molecule has 0 saturated carbocycles. The number of hydrogen-bond acceptors (Lipinski definition) is 3. The van der Waals surface area contributed by atoms with E-state index in [1.54, 1.807) is 0 Å². The van der Waals surface area contributed by atoms with Gasteiger partial charge in [0.15, 0.2) is 0 Å². The van der Waals surface area contributed by atoms with E-state index < -0.39 is 7.60 Å². The fourth-order valence-electron chi connectivity index (χ4n) is 1.41. The van der Waals surface area contributed by atoms with Crippen molar-refractivity contribution in [3.05, 3.63) is 35.9 Å². The van der Waals surface area contributed by atoms with E-state index in [1.807, 2.05) is 30.3 Å². The van der Waals surface area contributed by atoms with Gasteiger partial charge in [-0.15, -0.1) is 0 Å². The number of carbonyl (C=O) groups is 1. The number of nitrogens with zero attached hydrogens (tertiary/aromatic N) is 1. The Hall–Kier alpha value is -1.20. The Morgan fingerprint density at radius 1 is 1.32 bits per heavy atom. The van der Waals surface area contributed by atoms with Crippen molar-refractivity contribution >= 4 is 13.5 Å². The Balaban J connectivity index is 2.27. The van der Waals surface area contributed by atoms with Crippen molar-refractivity contribution < 1.29 is 24.0 Å². The number of carbonyl (C=O) groups excluding carboxylic acids is 1. The average Bonchev–Trinajstić information content (AvgIpc) is 2.35. The van der Waals surface area contributed by atoms with Gasteiger partial charge in [0.1, 0.15) is 6.61 Å². The lowest BCUT2D eigenvalue weighted by atomic mass is 10.2. The molecule has 0 heterocycles. The lowest BCUT2D eigenvalue weighted by Crippen LogP contribution is -2.26. The maximum absolute atomic E-state index is 11.6. The van der Waals surface area contributed by atoms with E-state index in [4.69, 9.17) is 14.6 Å². The first kappa shape index (κ1) is 15.9. The van der Waals surface area contributed by atoms with E-state index in [2.05, 4.69) is 0 Å². The molecule has 7 heteroatoms. The summed E-state index contributed by atoms with van der Waals surface area (Å²) in [5, 5.41) is 1.10. The minimum atomic E-state index is -4.03. The zero-order valence-electron chi connectivity index (χ0n) is 10.7. The summed E-state index contributed by atoms with van der Waals surface area (Å²) in [7, 11) is -2.54. The molecule has 1 aromatic carbocycles. The van der Waals surface area contributed by atoms with Gasteiger partial charge in [0.05, 0.1) is 6.16 Å². The Morgan fingerprint density at radius 3 is 2.53 bits per heavy atom. The van der Waals surface area contributed by atoms with Crippen molar-refractivity contribution in [2.45, 2.75) is 19.4 Å². The van der Waals surface area contributed by atoms with Crippen LogP contribution in [0.15, 0.2) is 30.3 Å². The molecule has 0 radical (unpaired) electrons. The first-order valence-corrected chi connectivity index (χ1v) is 7.66. The van der Waals surface area contributed by atoms with Crippen LogP contribution in [0.3, 0.4) is 0 Å². The van der Waals surface area contributed by atoms with Crippen LogP contribution in [0.2, 0.25) is 0 Å². The molecule has 0 aliphatic heterocycles. The summed E-state index contributed by atoms with van der Waals surface area (Å²) in [6.45, 7) is 0.279. The summed E-state index contributed by atoms with van der Waals surface area (Å²) in [5.41, 5.74) is 0.942. The molecule has 1 rings (SSSR count). The molecule has 1 aromatic rings. The van der Waals surface area contributed by atoms with Crippen LogP contribution in [0.4, 0.5) is 0 Å². The van der Waals surface area contributed by atoms with Gasteiger partial charge in [-0.25, -0.2) is 5.06 Å². The molecule has 0 bridgehead atoms. The van der Waals surface area contributed by atoms with Crippen molar-refractivity contribution in [2.24, 2.45) is 0 Å². The van der Waals surface area contributed by atoms with Crippen LogP contribution in [0.1, 0.15) is 18.4 Å². The monoisotopic (exact) mass is 287 g/mol. The van der Waals surface area contributed by atoms with E-state index in [1.165, 1.54) is 7.05 Å². The Bertz CT molecular complexity index is 445. The lowest BCUT2D eigenvalue weighted by Gasteiger charge is -2.16. The van der Waals surface area contributed by atoms with Gasteiger partial charge in [0.2, 0.25) is 5.91 Å². The molecule has 0 spiro atoms. The predicted molar refractivity (Wildman–Crippen MR) is 70.1 cm³/mol. The molecule has 0 atom stereocenters. The van der Waals surface area contributed by atoms with E-state index in [0.717, 1.165) is 10.6 Å². The lowest BCUT2D eigenvalue weighted by molar-refractivity contribution is -0.182. The van der Waals surface area contributed by atoms with Gasteiger partial charge in [0.25, 0.3) is 0 Å². The van der Waals surface area contributed by atoms with Gasteiger partial charge in [-0.3, -0.25) is 14.2 Å². The maximum Gasteiger partial charge on any atom is 0.325 e. The molecule has 106 valence electrons. The summed E-state index contributed by atoms with van der Waals surface area (Å²) in [5.74, 6) is -0.301. The highest BCUT2D eigenvalue weighted by Gasteiger charge is 2.15. The van der Waals surface area contributed by atoms with Gasteiger partial charge < -0.3 is 9.79 Å². The Morgan fingerprint density at radius 2 is 1.95 bits per heavy atom. The first-order chi connectivity index (χ1) is 8.88. The van der Waals surface area contributed by atoms with Crippen LogP contribution in [0.25, 0.3) is 0 Å². The van der Waals surface area contributed by atoms with Crippen molar-refractivity contribution in [3.63, 3.8) is 0 Å². The highest BCUT2D eigenvalue weighted by molar-refractivity contribution is 7.51. The average molecular weight is 287 g/mol. The quantitative estimate of drug-likeness (QED) is 0.586. The van der Waals surface area contributed by atoms with Crippen molar-refractivity contribution in [2.75, 3.05) is 13.2 Å². The summed E-state index contributed by atoms with van der Waals surface area (Å²) >= 11 is 0. The summed E-state index contributed by atoms with van der Waals surface area (Å²) in [6.07, 6.45) is -0.0934. The van der Waals surface area contributed by atoms with E-state index in [-0.39, 0.29) is 31.5 Å². The van der Waals surface area contributed by atoms with Crippen LogP contribution in [0, 0.1) is 0 Å². The smallest absolute Gasteiger partial charge is 0.324 e. The topological polar surface area (TPSA) is 87.1 Å². The highest BCUT2D eigenvalue weighted by Crippen LogP contribution is 2.35. The third kappa shape index (κ3) is 7.08. The number of rotatable bonds is 7. The van der Waals surface area contributed by atoms with Crippen LogP contribution >= 0.6 is 7.60 Å². The third-order valence-electron chi connectivity index (χ3n) is 2.46. The molecule has 0 aliphatic rings. The highest BCUT2D eigenvalue weighted by atomic mass is 31.2. The van der Waals surface area contributed by atoms with Crippen LogP contribution < -0.4 is 0 Å². The first-order valence-electron chi connectivity index (χ1n) is 5.86. The normalized spacial score (nSPS) is 11.3. The summed E-state index contributed by atoms with van der Waals surface area (Å²) in [6, 6.07) is 9.40. The van der Waals surface area contributed by atoms with Crippen LogP contribution in [-0.4, -0.2) is 34.0 Å². The van der Waals surface area contributed by atoms with Gasteiger partial charge in [0, 0.05) is 13.5 Å². The Labute approximate surface area is 112 Å². The van der Waals surface area contributed by atoms with Crippen molar-refractivity contribution in [1.82, 2.24) is 5.06 Å². The van der Waals surface area contributed by atoms with Gasteiger partial charge in [-0.2, -0.15) is 0 Å². The largest absolute Gasteiger partial charge is 0.325 e. The molecule has 0 aliphatic carbocycles. The van der Waals surface area contributed by atoms with Crippen LogP contribution in [0.5, 0.6) is 0 Å². The maximum atomic E-state index is 11.6. The second-order valence-corrected chi connectivity index (χ2v) is 5.92. The van der Waals surface area contributed by atoms with E-state index >= 15 is 0 Å². The molecular weight excluding hydrogens is 269 g/mol. The molecule has 0 aromatic heterocycles. The second kappa shape index (κ2) is 7.40. The summed E-state index contributed by atoms with van der Waals surface area (Å²) < 4.78 is 10.6. The SMILES string of the molecule is CN(OCc1ccccc1)C(=O)CCCP(=O)(O)O. The number of hydrogen-bond donors (Lipinski definition) is 2. The van der Waals surface area contributed by atoms with Gasteiger partial charge in [-0.1, -0.05) is 30.3 Å². The zero-order chi connectivity index (χ0) is 14.3. The minimum absolute atomic E-state index is 0.0520. The molecule has 0 unspecified atom stereocenters. The molecule has 1 amide bonds. The summed E-state index contributed by atoms with van der Waals surface area (Å²) in [4.78, 5) is 34.2. The van der Waals surface area contributed by atoms with Gasteiger partial charge >= 0.3 is 7.60 Å². The van der Waals surface area contributed by atoms with Crippen LogP contribution in [-0.2, 0) is 20.8 Å².